The average Bonchev–Trinajstić information content (AvgIpc) is 2.84. The highest BCUT2D eigenvalue weighted by Crippen LogP contribution is 2.34. The fourth-order valence-electron chi connectivity index (χ4n) is 3.74. The van der Waals surface area contributed by atoms with Crippen LogP contribution in [0.4, 0.5) is 0 Å². The highest BCUT2D eigenvalue weighted by molar-refractivity contribution is 7.89. The van der Waals surface area contributed by atoms with Gasteiger partial charge in [-0.2, -0.15) is 4.31 Å². The predicted molar refractivity (Wildman–Crippen MR) is 129 cm³/mol. The number of hydrogen-bond donors (Lipinski definition) is 1. The summed E-state index contributed by atoms with van der Waals surface area (Å²) in [4.78, 5) is 17.8. The van der Waals surface area contributed by atoms with Crippen molar-refractivity contribution in [3.8, 4) is 17.6 Å². The normalized spacial score (nSPS) is 20.5. The maximum absolute atomic E-state index is 13.5. The van der Waals surface area contributed by atoms with Crippen molar-refractivity contribution in [1.29, 1.82) is 0 Å². The van der Waals surface area contributed by atoms with Crippen LogP contribution in [0.3, 0.4) is 0 Å². The van der Waals surface area contributed by atoms with Crippen LogP contribution < -0.4 is 4.74 Å². The van der Waals surface area contributed by atoms with Gasteiger partial charge in [-0.1, -0.05) is 25.7 Å². The predicted octanol–water partition coefficient (Wildman–Crippen LogP) is 2.12. The smallest absolute Gasteiger partial charge is 0.247 e. The molecule has 1 aromatic carbocycles. The number of rotatable bonds is 5. The van der Waals surface area contributed by atoms with Crippen molar-refractivity contribution < 1.29 is 23.1 Å². The number of aliphatic hydroxyl groups is 1. The van der Waals surface area contributed by atoms with Crippen LogP contribution in [0.5, 0.6) is 5.75 Å². The lowest BCUT2D eigenvalue weighted by molar-refractivity contribution is -0.131. The van der Waals surface area contributed by atoms with Gasteiger partial charge in [0.25, 0.3) is 0 Å². The summed E-state index contributed by atoms with van der Waals surface area (Å²) in [5.74, 6) is 6.00. The molecule has 1 aromatic heterocycles. The van der Waals surface area contributed by atoms with Crippen LogP contribution in [0.15, 0.2) is 47.6 Å². The van der Waals surface area contributed by atoms with Gasteiger partial charge in [-0.15, -0.1) is 0 Å². The Morgan fingerprint density at radius 2 is 1.94 bits per heavy atom. The molecule has 1 N–H and O–H groups in total. The quantitative estimate of drug-likeness (QED) is 0.652. The van der Waals surface area contributed by atoms with Crippen LogP contribution in [0, 0.1) is 17.8 Å². The molecule has 8 nitrogen and oxygen atoms in total. The van der Waals surface area contributed by atoms with E-state index in [1.54, 1.807) is 62.5 Å². The number of fused-ring (bicyclic) bond motifs is 1. The summed E-state index contributed by atoms with van der Waals surface area (Å²) in [6.45, 7) is 5.51. The number of benzene rings is 1. The Morgan fingerprint density at radius 3 is 2.59 bits per heavy atom. The number of pyridine rings is 1. The number of nitrogens with zero attached hydrogens (tertiary/aromatic N) is 3. The molecule has 0 fully saturated rings. The fourth-order valence-corrected chi connectivity index (χ4v) is 5.57. The molecule has 34 heavy (non-hydrogen) atoms. The van der Waals surface area contributed by atoms with Crippen molar-refractivity contribution in [2.45, 2.75) is 44.2 Å². The van der Waals surface area contributed by atoms with Gasteiger partial charge in [0.05, 0.1) is 13.2 Å². The second-order valence-corrected chi connectivity index (χ2v) is 10.4. The number of sulfonamides is 1. The number of carbonyl (C=O) groups excluding carboxylic acids is 1. The summed E-state index contributed by atoms with van der Waals surface area (Å²) < 4.78 is 34.6. The highest BCUT2D eigenvalue weighted by Gasteiger charge is 2.38. The zero-order valence-electron chi connectivity index (χ0n) is 19.9. The van der Waals surface area contributed by atoms with Gasteiger partial charge < -0.3 is 14.7 Å². The van der Waals surface area contributed by atoms with Crippen molar-refractivity contribution in [3.63, 3.8) is 0 Å². The average molecular weight is 486 g/mol. The first-order chi connectivity index (χ1) is 16.2. The molecule has 3 rings (SSSR count). The molecule has 2 aromatic rings. The van der Waals surface area contributed by atoms with Crippen LogP contribution in [0.2, 0.25) is 0 Å². The van der Waals surface area contributed by atoms with E-state index in [0.29, 0.717) is 18.5 Å². The summed E-state index contributed by atoms with van der Waals surface area (Å²) >= 11 is 0. The first-order valence-corrected chi connectivity index (χ1v) is 12.7. The van der Waals surface area contributed by atoms with E-state index >= 15 is 0 Å². The van der Waals surface area contributed by atoms with Gasteiger partial charge in [-0.05, 0) is 37.3 Å². The molecule has 0 aliphatic carbocycles. The van der Waals surface area contributed by atoms with Crippen molar-refractivity contribution in [2.24, 2.45) is 5.92 Å². The third-order valence-corrected chi connectivity index (χ3v) is 7.90. The van der Waals surface area contributed by atoms with Gasteiger partial charge in [0.1, 0.15) is 16.7 Å². The van der Waals surface area contributed by atoms with E-state index in [1.165, 1.54) is 10.4 Å². The lowest BCUT2D eigenvalue weighted by Gasteiger charge is -2.37. The van der Waals surface area contributed by atoms with E-state index in [4.69, 9.17) is 4.74 Å². The Bertz CT molecular complexity index is 1170. The maximum Gasteiger partial charge on any atom is 0.247 e. The Labute approximate surface area is 201 Å². The summed E-state index contributed by atoms with van der Waals surface area (Å²) in [6, 6.07) is 7.71. The van der Waals surface area contributed by atoms with Crippen molar-refractivity contribution in [3.05, 3.63) is 53.9 Å². The van der Waals surface area contributed by atoms with Crippen molar-refractivity contribution in [1.82, 2.24) is 14.2 Å². The zero-order valence-corrected chi connectivity index (χ0v) is 20.7. The monoisotopic (exact) mass is 485 g/mol. The van der Waals surface area contributed by atoms with Gasteiger partial charge in [-0.3, -0.25) is 9.78 Å². The first kappa shape index (κ1) is 25.7. The number of aliphatic hydroxyl groups excluding tert-OH is 1. The second kappa shape index (κ2) is 11.0. The zero-order chi connectivity index (χ0) is 24.9. The summed E-state index contributed by atoms with van der Waals surface area (Å²) in [6.07, 6.45) is 3.21. The van der Waals surface area contributed by atoms with Crippen molar-refractivity contribution in [2.75, 3.05) is 26.7 Å². The lowest BCUT2D eigenvalue weighted by atomic mass is 10.0. The molecule has 1 amide bonds. The maximum atomic E-state index is 13.5. The van der Waals surface area contributed by atoms with Crippen LogP contribution >= 0.6 is 0 Å². The SMILES string of the molecule is CCC(=O)N(C)C[C@@H]1Oc2cc(C#Cc3ccncc3)ccc2S(=O)(=O)N([C@@H](C)CO)C[C@H]1C. The topological polar surface area (TPSA) is 100 Å². The first-order valence-electron chi connectivity index (χ1n) is 11.3. The molecule has 0 spiro atoms. The largest absolute Gasteiger partial charge is 0.487 e. The van der Waals surface area contributed by atoms with E-state index in [9.17, 15) is 18.3 Å². The molecular weight excluding hydrogens is 454 g/mol. The molecule has 1 aliphatic heterocycles. The molecule has 182 valence electrons. The number of hydrogen-bond acceptors (Lipinski definition) is 6. The van der Waals surface area contributed by atoms with Gasteiger partial charge in [0, 0.05) is 55.5 Å². The number of ether oxygens (including phenoxy) is 1. The Balaban J connectivity index is 2.06. The molecule has 0 saturated heterocycles. The Kier molecular flexibility index (Phi) is 8.31. The number of aromatic nitrogens is 1. The van der Waals surface area contributed by atoms with Gasteiger partial charge in [0.15, 0.2) is 0 Å². The molecule has 9 heteroatoms. The molecule has 3 atom stereocenters. The number of carbonyl (C=O) groups is 1. The molecule has 1 aliphatic rings. The fraction of sp³-hybridized carbons (Fsp3) is 0.440. The minimum Gasteiger partial charge on any atom is -0.487 e. The third kappa shape index (κ3) is 5.76. The Hall–Kier alpha value is -2.93. The van der Waals surface area contributed by atoms with Crippen LogP contribution in [-0.2, 0) is 14.8 Å². The summed E-state index contributed by atoms with van der Waals surface area (Å²) in [5.41, 5.74) is 1.38. The van der Waals surface area contributed by atoms with E-state index < -0.39 is 22.2 Å². The van der Waals surface area contributed by atoms with Gasteiger partial charge >= 0.3 is 0 Å². The Morgan fingerprint density at radius 1 is 1.26 bits per heavy atom. The van der Waals surface area contributed by atoms with Crippen molar-refractivity contribution >= 4 is 15.9 Å². The second-order valence-electron chi connectivity index (χ2n) is 8.52. The molecular formula is C25H31N3O5S. The van der Waals surface area contributed by atoms with Crippen LogP contribution in [-0.4, -0.2) is 72.5 Å². The number of likely N-dealkylation sites (N-methyl/N-ethyl adjacent to an activating group) is 1. The van der Waals surface area contributed by atoms with Gasteiger partial charge in [-0.25, -0.2) is 8.42 Å². The van der Waals surface area contributed by atoms with E-state index in [0.717, 1.165) is 5.56 Å². The molecule has 0 bridgehead atoms. The van der Waals surface area contributed by atoms with E-state index in [2.05, 4.69) is 16.8 Å². The van der Waals surface area contributed by atoms with Crippen LogP contribution in [0.25, 0.3) is 0 Å². The van der Waals surface area contributed by atoms with Crippen LogP contribution in [0.1, 0.15) is 38.3 Å². The minimum atomic E-state index is -3.93. The van der Waals surface area contributed by atoms with E-state index in [-0.39, 0.29) is 35.6 Å². The number of amides is 1. The highest BCUT2D eigenvalue weighted by atomic mass is 32.2. The molecule has 0 saturated carbocycles. The standard InChI is InChI=1S/C25H31N3O5S/c1-5-25(30)27(4)16-23-18(2)15-28(19(3)17-29)34(31,32)24-9-8-21(14-22(24)33-23)7-6-20-10-12-26-13-11-20/h8-14,18-19,23,29H,5,15-17H2,1-4H3/t18-,19+,23+/m1/s1. The third-order valence-electron chi connectivity index (χ3n) is 5.88. The molecule has 0 radical (unpaired) electrons. The molecule has 2 heterocycles. The summed E-state index contributed by atoms with van der Waals surface area (Å²) in [7, 11) is -2.22. The van der Waals surface area contributed by atoms with E-state index in [1.807, 2.05) is 6.92 Å². The minimum absolute atomic E-state index is 0.0173. The molecule has 0 unspecified atom stereocenters. The lowest BCUT2D eigenvalue weighted by Crippen LogP contribution is -2.50. The van der Waals surface area contributed by atoms with Gasteiger partial charge in [0.2, 0.25) is 15.9 Å². The summed E-state index contributed by atoms with van der Waals surface area (Å²) in [5, 5.41) is 9.74.